The molecule has 1 aliphatic carbocycles. The molecule has 1 heterocycles. The Balaban J connectivity index is 1.81. The van der Waals surface area contributed by atoms with Crippen LogP contribution in [0.5, 0.6) is 0 Å². The van der Waals surface area contributed by atoms with E-state index in [-0.39, 0.29) is 0 Å². The number of nitrogens with zero attached hydrogens (tertiary/aromatic N) is 2. The first-order valence-corrected chi connectivity index (χ1v) is 6.89. The Morgan fingerprint density at radius 3 is 2.56 bits per heavy atom. The highest BCUT2D eigenvalue weighted by atomic mass is 15.3. The van der Waals surface area contributed by atoms with Crippen molar-refractivity contribution in [2.45, 2.75) is 57.9 Å². The molecule has 1 aliphatic heterocycles. The fourth-order valence-corrected chi connectivity index (χ4v) is 2.62. The number of guanidine groups is 1. The van der Waals surface area contributed by atoms with Crippen molar-refractivity contribution in [1.82, 2.24) is 4.90 Å². The molecule has 0 aromatic carbocycles. The average Bonchev–Trinajstić information content (AvgIpc) is 3.02. The molecule has 2 atom stereocenters. The third-order valence-electron chi connectivity index (χ3n) is 3.77. The predicted octanol–water partition coefficient (Wildman–Crippen LogP) is 2.37. The van der Waals surface area contributed by atoms with Gasteiger partial charge >= 0.3 is 0 Å². The summed E-state index contributed by atoms with van der Waals surface area (Å²) >= 11 is 0. The molecule has 1 saturated heterocycles. The predicted molar refractivity (Wildman–Crippen MR) is 68.5 cm³/mol. The van der Waals surface area contributed by atoms with Gasteiger partial charge in [0.25, 0.3) is 0 Å². The first-order chi connectivity index (χ1) is 7.81. The molecule has 16 heavy (non-hydrogen) atoms. The number of likely N-dealkylation sites (tertiary alicyclic amines) is 1. The van der Waals surface area contributed by atoms with Crippen LogP contribution in [0.4, 0.5) is 0 Å². The lowest BCUT2D eigenvalue weighted by Crippen LogP contribution is -2.38. The van der Waals surface area contributed by atoms with E-state index < -0.39 is 0 Å². The zero-order valence-electron chi connectivity index (χ0n) is 10.5. The van der Waals surface area contributed by atoms with E-state index in [1.54, 1.807) is 0 Å². The van der Waals surface area contributed by atoms with E-state index in [1.807, 2.05) is 0 Å². The van der Waals surface area contributed by atoms with Gasteiger partial charge in [0.05, 0.1) is 6.04 Å². The van der Waals surface area contributed by atoms with Gasteiger partial charge in [-0.2, -0.15) is 0 Å². The van der Waals surface area contributed by atoms with Gasteiger partial charge in [-0.25, -0.2) is 4.99 Å². The van der Waals surface area contributed by atoms with Crippen molar-refractivity contribution in [1.29, 1.82) is 0 Å². The normalized spacial score (nSPS) is 31.3. The first kappa shape index (κ1) is 11.7. The largest absolute Gasteiger partial charge is 0.370 e. The molecule has 3 heteroatoms. The van der Waals surface area contributed by atoms with Gasteiger partial charge in [0.2, 0.25) is 0 Å². The van der Waals surface area contributed by atoms with E-state index in [1.165, 1.54) is 44.9 Å². The van der Waals surface area contributed by atoms with Gasteiger partial charge < -0.3 is 10.6 Å². The molecule has 0 aromatic heterocycles. The Bertz CT molecular complexity index is 242. The van der Waals surface area contributed by atoms with Gasteiger partial charge in [0.1, 0.15) is 0 Å². The number of rotatable bonds is 3. The summed E-state index contributed by atoms with van der Waals surface area (Å²) in [6.45, 7) is 4.47. The van der Waals surface area contributed by atoms with Crippen LogP contribution in [-0.2, 0) is 0 Å². The molecule has 2 rings (SSSR count). The maximum absolute atomic E-state index is 6.09. The zero-order valence-corrected chi connectivity index (χ0v) is 10.5. The molecule has 1 saturated carbocycles. The van der Waals surface area contributed by atoms with Crippen LogP contribution >= 0.6 is 0 Å². The molecule has 0 radical (unpaired) electrons. The van der Waals surface area contributed by atoms with Crippen LogP contribution in [-0.4, -0.2) is 30.0 Å². The van der Waals surface area contributed by atoms with Crippen LogP contribution < -0.4 is 5.73 Å². The first-order valence-electron chi connectivity index (χ1n) is 6.89. The molecule has 2 aliphatic rings. The summed E-state index contributed by atoms with van der Waals surface area (Å²) in [6.07, 6.45) is 9.13. The smallest absolute Gasteiger partial charge is 0.191 e. The highest BCUT2D eigenvalue weighted by Gasteiger charge is 2.36. The van der Waals surface area contributed by atoms with Crippen LogP contribution in [0.2, 0.25) is 0 Å². The molecular weight excluding hydrogens is 198 g/mol. The second kappa shape index (κ2) is 5.55. The Hall–Kier alpha value is -0.730. The summed E-state index contributed by atoms with van der Waals surface area (Å²) in [6, 6.07) is 0.545. The van der Waals surface area contributed by atoms with Crippen molar-refractivity contribution in [3.8, 4) is 0 Å². The Labute approximate surface area is 99.1 Å². The number of nitrogens with two attached hydrogens (primary N) is 1. The highest BCUT2D eigenvalue weighted by Crippen LogP contribution is 2.37. The summed E-state index contributed by atoms with van der Waals surface area (Å²) < 4.78 is 0. The van der Waals surface area contributed by atoms with Crippen LogP contribution in [0.3, 0.4) is 0 Å². The number of hydrogen-bond donors (Lipinski definition) is 1. The number of aliphatic imine (C=N–C) groups is 1. The van der Waals surface area contributed by atoms with Gasteiger partial charge in [-0.05, 0) is 31.6 Å². The lowest BCUT2D eigenvalue weighted by molar-refractivity contribution is 0.428. The van der Waals surface area contributed by atoms with Crippen LogP contribution in [0.1, 0.15) is 51.9 Å². The lowest BCUT2D eigenvalue weighted by Gasteiger charge is -2.21. The molecular formula is C13H25N3. The zero-order chi connectivity index (χ0) is 11.4. The minimum Gasteiger partial charge on any atom is -0.370 e. The van der Waals surface area contributed by atoms with E-state index in [0.29, 0.717) is 6.04 Å². The Morgan fingerprint density at radius 2 is 1.94 bits per heavy atom. The molecule has 3 nitrogen and oxygen atoms in total. The second-order valence-corrected chi connectivity index (χ2v) is 5.24. The summed E-state index contributed by atoms with van der Waals surface area (Å²) in [5.41, 5.74) is 6.09. The summed E-state index contributed by atoms with van der Waals surface area (Å²) in [4.78, 5) is 6.96. The molecule has 0 bridgehead atoms. The molecule has 2 fully saturated rings. The molecule has 2 N–H and O–H groups in total. The van der Waals surface area contributed by atoms with Crippen molar-refractivity contribution in [3.05, 3.63) is 0 Å². The number of hydrogen-bond acceptors (Lipinski definition) is 1. The molecule has 92 valence electrons. The van der Waals surface area contributed by atoms with Gasteiger partial charge in [-0.15, -0.1) is 0 Å². The van der Waals surface area contributed by atoms with Crippen molar-refractivity contribution < 1.29 is 0 Å². The van der Waals surface area contributed by atoms with Gasteiger partial charge in [-0.3, -0.25) is 0 Å². The average molecular weight is 223 g/mol. The Kier molecular flexibility index (Phi) is 4.08. The minimum atomic E-state index is 0.545. The third-order valence-corrected chi connectivity index (χ3v) is 3.77. The lowest BCUT2D eigenvalue weighted by atomic mass is 10.2. The van der Waals surface area contributed by atoms with Gasteiger partial charge in [-0.1, -0.05) is 26.2 Å². The van der Waals surface area contributed by atoms with Crippen molar-refractivity contribution in [2.24, 2.45) is 16.6 Å². The topological polar surface area (TPSA) is 41.6 Å². The van der Waals surface area contributed by atoms with E-state index in [4.69, 9.17) is 5.73 Å². The maximum Gasteiger partial charge on any atom is 0.191 e. The summed E-state index contributed by atoms with van der Waals surface area (Å²) in [5, 5.41) is 0. The van der Waals surface area contributed by atoms with Gasteiger partial charge in [0, 0.05) is 13.1 Å². The molecule has 0 amide bonds. The Morgan fingerprint density at radius 1 is 1.25 bits per heavy atom. The van der Waals surface area contributed by atoms with Crippen molar-refractivity contribution in [2.75, 3.05) is 13.1 Å². The monoisotopic (exact) mass is 223 g/mol. The summed E-state index contributed by atoms with van der Waals surface area (Å²) in [5.74, 6) is 1.64. The van der Waals surface area contributed by atoms with E-state index in [2.05, 4.69) is 16.8 Å². The van der Waals surface area contributed by atoms with Crippen LogP contribution in [0.15, 0.2) is 4.99 Å². The fourth-order valence-electron chi connectivity index (χ4n) is 2.62. The maximum atomic E-state index is 6.09. The van der Waals surface area contributed by atoms with Crippen molar-refractivity contribution >= 4 is 5.96 Å². The van der Waals surface area contributed by atoms with E-state index >= 15 is 0 Å². The van der Waals surface area contributed by atoms with Crippen LogP contribution in [0, 0.1) is 5.92 Å². The highest BCUT2D eigenvalue weighted by molar-refractivity contribution is 5.78. The van der Waals surface area contributed by atoms with Crippen LogP contribution in [0.25, 0.3) is 0 Å². The standard InChI is InChI=1S/C13H25N3/c1-2-7-11-10-12(11)15-13(14)16-8-5-3-4-6-9-16/h11-12H,2-10H2,1H3,(H2,14,15)/t11-,12-/m1/s1. The van der Waals surface area contributed by atoms with E-state index in [0.717, 1.165) is 25.0 Å². The fraction of sp³-hybridized carbons (Fsp3) is 0.923. The summed E-state index contributed by atoms with van der Waals surface area (Å²) in [7, 11) is 0. The van der Waals surface area contributed by atoms with E-state index in [9.17, 15) is 0 Å². The third kappa shape index (κ3) is 3.13. The molecule has 0 spiro atoms. The molecule has 0 unspecified atom stereocenters. The quantitative estimate of drug-likeness (QED) is 0.589. The molecule has 0 aromatic rings. The second-order valence-electron chi connectivity index (χ2n) is 5.24. The van der Waals surface area contributed by atoms with Gasteiger partial charge in [0.15, 0.2) is 5.96 Å². The van der Waals surface area contributed by atoms with Crippen molar-refractivity contribution in [3.63, 3.8) is 0 Å². The SMILES string of the molecule is CCC[C@@H]1C[C@H]1N=C(N)N1CCCCCC1. The minimum absolute atomic E-state index is 0.545.